The molecule has 0 amide bonds. The fourth-order valence-corrected chi connectivity index (χ4v) is 1.76. The van der Waals surface area contributed by atoms with Crippen LogP contribution in [0.5, 0.6) is 0 Å². The van der Waals surface area contributed by atoms with Crippen LogP contribution >= 0.6 is 0 Å². The molecule has 2 nitrogen and oxygen atoms in total. The van der Waals surface area contributed by atoms with Crippen molar-refractivity contribution in [1.29, 1.82) is 0 Å². The molecule has 0 saturated carbocycles. The molecule has 0 aliphatic carbocycles. The summed E-state index contributed by atoms with van der Waals surface area (Å²) in [6.07, 6.45) is 0. The Morgan fingerprint density at radius 2 is 1.88 bits per heavy atom. The molecule has 17 heavy (non-hydrogen) atoms. The minimum absolute atomic E-state index is 0.333. The second kappa shape index (κ2) is 4.45. The zero-order valence-corrected chi connectivity index (χ0v) is 9.92. The van der Waals surface area contributed by atoms with Crippen molar-refractivity contribution in [1.82, 2.24) is 0 Å². The number of aryl methyl sites for hydroxylation is 2. The Morgan fingerprint density at radius 3 is 2.53 bits per heavy atom. The summed E-state index contributed by atoms with van der Waals surface area (Å²) in [6.45, 7) is 4.00. The van der Waals surface area contributed by atoms with Gasteiger partial charge in [0.1, 0.15) is 5.82 Å². The van der Waals surface area contributed by atoms with Crippen LogP contribution in [0, 0.1) is 19.7 Å². The molecule has 0 radical (unpaired) electrons. The smallest absolute Gasteiger partial charge is 0.148 e. The van der Waals surface area contributed by atoms with E-state index in [1.54, 1.807) is 12.1 Å². The van der Waals surface area contributed by atoms with Gasteiger partial charge in [-0.1, -0.05) is 23.8 Å². The van der Waals surface area contributed by atoms with Crippen molar-refractivity contribution in [2.75, 3.05) is 11.1 Å². The number of hydrogen-bond donors (Lipinski definition) is 2. The van der Waals surface area contributed by atoms with Crippen molar-refractivity contribution >= 4 is 17.1 Å². The standard InChI is InChI=1S/C14H15FN2/c1-9-6-7-13(10(2)8-9)17-14-11(15)4-3-5-12(14)16/h3-8,17H,16H2,1-2H3. The van der Waals surface area contributed by atoms with Crippen molar-refractivity contribution in [3.63, 3.8) is 0 Å². The molecule has 0 unspecified atom stereocenters. The number of nitrogens with two attached hydrogens (primary N) is 1. The van der Waals surface area contributed by atoms with Crippen molar-refractivity contribution in [2.24, 2.45) is 0 Å². The molecule has 0 spiro atoms. The number of nitrogens with one attached hydrogen (secondary N) is 1. The molecule has 0 aliphatic rings. The molecule has 2 rings (SSSR count). The lowest BCUT2D eigenvalue weighted by atomic mass is 10.1. The fraction of sp³-hybridized carbons (Fsp3) is 0.143. The van der Waals surface area contributed by atoms with Gasteiger partial charge < -0.3 is 11.1 Å². The zero-order valence-electron chi connectivity index (χ0n) is 9.92. The fourth-order valence-electron chi connectivity index (χ4n) is 1.76. The first-order valence-corrected chi connectivity index (χ1v) is 5.46. The summed E-state index contributed by atoms with van der Waals surface area (Å²) < 4.78 is 13.6. The summed E-state index contributed by atoms with van der Waals surface area (Å²) >= 11 is 0. The highest BCUT2D eigenvalue weighted by Crippen LogP contribution is 2.28. The van der Waals surface area contributed by atoms with Gasteiger partial charge in [-0.2, -0.15) is 0 Å². The molecular formula is C14H15FN2. The topological polar surface area (TPSA) is 38.0 Å². The van der Waals surface area contributed by atoms with Crippen molar-refractivity contribution < 1.29 is 4.39 Å². The number of benzene rings is 2. The molecule has 0 bridgehead atoms. The van der Waals surface area contributed by atoms with Crippen LogP contribution in [-0.2, 0) is 0 Å². The minimum Gasteiger partial charge on any atom is -0.397 e. The summed E-state index contributed by atoms with van der Waals surface area (Å²) in [6, 6.07) is 10.6. The van der Waals surface area contributed by atoms with Crippen molar-refractivity contribution in [3.05, 3.63) is 53.3 Å². The quantitative estimate of drug-likeness (QED) is 0.771. The van der Waals surface area contributed by atoms with Crippen LogP contribution in [-0.4, -0.2) is 0 Å². The van der Waals surface area contributed by atoms with Crippen LogP contribution in [0.3, 0.4) is 0 Å². The molecule has 0 saturated heterocycles. The van der Waals surface area contributed by atoms with Gasteiger partial charge in [-0.3, -0.25) is 0 Å². The first kappa shape index (κ1) is 11.5. The van der Waals surface area contributed by atoms with Crippen LogP contribution in [0.25, 0.3) is 0 Å². The zero-order chi connectivity index (χ0) is 12.4. The van der Waals surface area contributed by atoms with E-state index in [0.717, 1.165) is 11.3 Å². The summed E-state index contributed by atoms with van der Waals surface area (Å²) in [5.74, 6) is -0.343. The Labute approximate surface area is 100 Å². The van der Waals surface area contributed by atoms with E-state index in [1.165, 1.54) is 11.6 Å². The maximum Gasteiger partial charge on any atom is 0.148 e. The van der Waals surface area contributed by atoms with E-state index < -0.39 is 0 Å². The highest BCUT2D eigenvalue weighted by molar-refractivity contribution is 5.74. The van der Waals surface area contributed by atoms with E-state index in [9.17, 15) is 4.39 Å². The lowest BCUT2D eigenvalue weighted by molar-refractivity contribution is 0.632. The van der Waals surface area contributed by atoms with Gasteiger partial charge >= 0.3 is 0 Å². The maximum atomic E-state index is 13.6. The molecule has 3 N–H and O–H groups in total. The van der Waals surface area contributed by atoms with Crippen LogP contribution in [0.15, 0.2) is 36.4 Å². The summed E-state index contributed by atoms with van der Waals surface area (Å²) in [4.78, 5) is 0. The van der Waals surface area contributed by atoms with Gasteiger partial charge in [-0.25, -0.2) is 4.39 Å². The van der Waals surface area contributed by atoms with Gasteiger partial charge in [0, 0.05) is 5.69 Å². The molecule has 0 heterocycles. The first-order chi connectivity index (χ1) is 8.08. The Balaban J connectivity index is 2.38. The van der Waals surface area contributed by atoms with Gasteiger partial charge in [-0.05, 0) is 37.6 Å². The molecular weight excluding hydrogens is 215 g/mol. The van der Waals surface area contributed by atoms with E-state index in [4.69, 9.17) is 5.73 Å². The van der Waals surface area contributed by atoms with E-state index in [0.29, 0.717) is 11.4 Å². The molecule has 2 aromatic carbocycles. The Hall–Kier alpha value is -2.03. The van der Waals surface area contributed by atoms with Gasteiger partial charge in [-0.15, -0.1) is 0 Å². The Kier molecular flexibility index (Phi) is 3.00. The first-order valence-electron chi connectivity index (χ1n) is 5.46. The van der Waals surface area contributed by atoms with Crippen LogP contribution < -0.4 is 11.1 Å². The number of anilines is 3. The summed E-state index contributed by atoms with van der Waals surface area (Å²) in [5, 5.41) is 3.04. The van der Waals surface area contributed by atoms with Crippen LogP contribution in [0.4, 0.5) is 21.5 Å². The average molecular weight is 230 g/mol. The molecule has 0 fully saturated rings. The number of hydrogen-bond acceptors (Lipinski definition) is 2. The SMILES string of the molecule is Cc1ccc(Nc2c(N)cccc2F)c(C)c1. The number of nitrogen functional groups attached to an aromatic ring is 1. The number of halogens is 1. The Bertz CT molecular complexity index is 530. The highest BCUT2D eigenvalue weighted by atomic mass is 19.1. The van der Waals surface area contributed by atoms with Crippen molar-refractivity contribution in [3.8, 4) is 0 Å². The molecule has 3 heteroatoms. The predicted octanol–water partition coefficient (Wildman–Crippen LogP) is 3.77. The third kappa shape index (κ3) is 2.38. The predicted molar refractivity (Wildman–Crippen MR) is 70.0 cm³/mol. The summed E-state index contributed by atoms with van der Waals surface area (Å²) in [7, 11) is 0. The van der Waals surface area contributed by atoms with Crippen molar-refractivity contribution in [2.45, 2.75) is 13.8 Å². The third-order valence-corrected chi connectivity index (χ3v) is 2.69. The van der Waals surface area contributed by atoms with E-state index in [2.05, 4.69) is 5.32 Å². The third-order valence-electron chi connectivity index (χ3n) is 2.69. The average Bonchev–Trinajstić information content (AvgIpc) is 2.26. The molecule has 0 aromatic heterocycles. The van der Waals surface area contributed by atoms with Gasteiger partial charge in [0.05, 0.1) is 11.4 Å². The highest BCUT2D eigenvalue weighted by Gasteiger charge is 2.07. The van der Waals surface area contributed by atoms with E-state index in [-0.39, 0.29) is 5.82 Å². The molecule has 88 valence electrons. The lowest BCUT2D eigenvalue weighted by Gasteiger charge is -2.12. The normalized spacial score (nSPS) is 10.3. The second-order valence-corrected chi connectivity index (χ2v) is 4.15. The number of para-hydroxylation sites is 1. The van der Waals surface area contributed by atoms with Gasteiger partial charge in [0.25, 0.3) is 0 Å². The lowest BCUT2D eigenvalue weighted by Crippen LogP contribution is -2.00. The Morgan fingerprint density at radius 1 is 1.12 bits per heavy atom. The van der Waals surface area contributed by atoms with E-state index in [1.807, 2.05) is 32.0 Å². The molecule has 0 atom stereocenters. The van der Waals surface area contributed by atoms with E-state index >= 15 is 0 Å². The second-order valence-electron chi connectivity index (χ2n) is 4.15. The van der Waals surface area contributed by atoms with Gasteiger partial charge in [0.15, 0.2) is 0 Å². The summed E-state index contributed by atoms with van der Waals surface area (Å²) in [5.41, 5.74) is 9.59. The van der Waals surface area contributed by atoms with Crippen LogP contribution in [0.1, 0.15) is 11.1 Å². The largest absolute Gasteiger partial charge is 0.397 e. The molecule has 0 aliphatic heterocycles. The van der Waals surface area contributed by atoms with Crippen LogP contribution in [0.2, 0.25) is 0 Å². The van der Waals surface area contributed by atoms with Gasteiger partial charge in [0.2, 0.25) is 0 Å². The minimum atomic E-state index is -0.343. The monoisotopic (exact) mass is 230 g/mol. The number of rotatable bonds is 2. The maximum absolute atomic E-state index is 13.6. The molecule has 2 aromatic rings.